The summed E-state index contributed by atoms with van der Waals surface area (Å²) in [6.45, 7) is 1.89. The van der Waals surface area contributed by atoms with Crippen LogP contribution in [0, 0.1) is 0 Å². The van der Waals surface area contributed by atoms with Crippen molar-refractivity contribution in [2.45, 2.75) is 17.9 Å². The number of benzene rings is 2. The van der Waals surface area contributed by atoms with E-state index in [1.807, 2.05) is 37.4 Å². The number of para-hydroxylation sites is 2. The third-order valence-corrected chi connectivity index (χ3v) is 5.41. The molecule has 2 aromatic carbocycles. The summed E-state index contributed by atoms with van der Waals surface area (Å²) in [5.41, 5.74) is 4.25. The Morgan fingerprint density at radius 1 is 1.19 bits per heavy atom. The molecule has 0 saturated heterocycles. The van der Waals surface area contributed by atoms with Crippen LogP contribution in [0.25, 0.3) is 11.0 Å². The van der Waals surface area contributed by atoms with E-state index in [0.717, 1.165) is 28.2 Å². The van der Waals surface area contributed by atoms with E-state index in [0.29, 0.717) is 5.57 Å². The summed E-state index contributed by atoms with van der Waals surface area (Å²) >= 11 is 1.69. The first-order valence-corrected chi connectivity index (χ1v) is 9.53. The number of aromatic nitrogens is 2. The molecular weight excluding hydrogens is 346 g/mol. The number of nitrogens with one attached hydrogen (secondary N) is 1. The van der Waals surface area contributed by atoms with Gasteiger partial charge in [-0.3, -0.25) is 4.57 Å². The Bertz CT molecular complexity index is 1020. The van der Waals surface area contributed by atoms with Gasteiger partial charge in [0.1, 0.15) is 0 Å². The molecule has 0 saturated carbocycles. The number of methoxy groups -OCH3 is 1. The minimum atomic E-state index is -0.336. The maximum atomic E-state index is 12.6. The molecule has 0 aliphatic carbocycles. The van der Waals surface area contributed by atoms with Gasteiger partial charge in [0.15, 0.2) is 0 Å². The van der Waals surface area contributed by atoms with Crippen molar-refractivity contribution in [3.8, 4) is 0 Å². The lowest BCUT2D eigenvalue weighted by Crippen LogP contribution is -2.28. The van der Waals surface area contributed by atoms with Crippen molar-refractivity contribution in [2.75, 3.05) is 18.7 Å². The van der Waals surface area contributed by atoms with Gasteiger partial charge in [-0.2, -0.15) is 0 Å². The monoisotopic (exact) mass is 365 g/mol. The van der Waals surface area contributed by atoms with E-state index in [9.17, 15) is 4.79 Å². The number of imidazole rings is 1. The molecule has 0 unspecified atom stereocenters. The van der Waals surface area contributed by atoms with Crippen LogP contribution in [-0.4, -0.2) is 28.9 Å². The zero-order valence-electron chi connectivity index (χ0n) is 14.8. The zero-order chi connectivity index (χ0) is 18.3. The normalized spacial score (nSPS) is 16.3. The van der Waals surface area contributed by atoms with E-state index in [4.69, 9.17) is 9.72 Å². The number of rotatable bonds is 3. The lowest BCUT2D eigenvalue weighted by atomic mass is 9.95. The summed E-state index contributed by atoms with van der Waals surface area (Å²) in [5.74, 6) is 0.396. The predicted molar refractivity (Wildman–Crippen MR) is 104 cm³/mol. The average Bonchev–Trinajstić information content (AvgIpc) is 3.04. The molecule has 0 amide bonds. The molecule has 6 heteroatoms. The molecule has 1 aliphatic rings. The van der Waals surface area contributed by atoms with Crippen LogP contribution in [0.4, 0.5) is 5.95 Å². The van der Waals surface area contributed by atoms with Gasteiger partial charge in [0.25, 0.3) is 0 Å². The Morgan fingerprint density at radius 3 is 2.62 bits per heavy atom. The smallest absolute Gasteiger partial charge is 0.337 e. The fraction of sp³-hybridized carbons (Fsp3) is 0.200. The Kier molecular flexibility index (Phi) is 4.20. The maximum Gasteiger partial charge on any atom is 0.337 e. The molecule has 3 aromatic rings. The number of anilines is 1. The van der Waals surface area contributed by atoms with Crippen molar-refractivity contribution in [1.29, 1.82) is 0 Å². The number of ether oxygens (including phenoxy) is 1. The SMILES string of the molecule is COC(=O)C1=C(C)Nc2nc3ccccc3n2[C@H]1c1ccc(SC)cc1. The average molecular weight is 365 g/mol. The Hall–Kier alpha value is -2.73. The second-order valence-corrected chi connectivity index (χ2v) is 7.00. The quantitative estimate of drug-likeness (QED) is 0.556. The van der Waals surface area contributed by atoms with E-state index >= 15 is 0 Å². The lowest BCUT2D eigenvalue weighted by Gasteiger charge is -2.30. The van der Waals surface area contributed by atoms with Gasteiger partial charge in [-0.25, -0.2) is 9.78 Å². The first-order chi connectivity index (χ1) is 12.6. The van der Waals surface area contributed by atoms with Gasteiger partial charge >= 0.3 is 5.97 Å². The standard InChI is InChI=1S/C20H19N3O2S/c1-12-17(19(24)25-2)18(13-8-10-14(26-3)11-9-13)23-16-7-5-4-6-15(16)22-20(23)21-12/h4-11,18H,1-3H3,(H,21,22)/t18-/m0/s1. The number of hydrogen-bond donors (Lipinski definition) is 1. The number of hydrogen-bond acceptors (Lipinski definition) is 5. The number of esters is 1. The third-order valence-electron chi connectivity index (χ3n) is 4.67. The maximum absolute atomic E-state index is 12.6. The van der Waals surface area contributed by atoms with Crippen molar-refractivity contribution in [2.24, 2.45) is 0 Å². The second kappa shape index (κ2) is 6.53. The minimum absolute atomic E-state index is 0.290. The van der Waals surface area contributed by atoms with Crippen LogP contribution in [0.3, 0.4) is 0 Å². The van der Waals surface area contributed by atoms with Crippen molar-refractivity contribution in [3.63, 3.8) is 0 Å². The number of nitrogens with zero attached hydrogens (tertiary/aromatic N) is 2. The first kappa shape index (κ1) is 16.7. The van der Waals surface area contributed by atoms with Crippen molar-refractivity contribution in [1.82, 2.24) is 9.55 Å². The van der Waals surface area contributed by atoms with Gasteiger partial charge in [0.05, 0.1) is 29.8 Å². The van der Waals surface area contributed by atoms with Crippen LogP contribution in [0.2, 0.25) is 0 Å². The molecule has 0 bridgehead atoms. The molecule has 2 heterocycles. The summed E-state index contributed by atoms with van der Waals surface area (Å²) in [4.78, 5) is 18.5. The van der Waals surface area contributed by atoms with Crippen molar-refractivity contribution in [3.05, 3.63) is 65.4 Å². The van der Waals surface area contributed by atoms with Crippen LogP contribution in [0.5, 0.6) is 0 Å². The summed E-state index contributed by atoms with van der Waals surface area (Å²) < 4.78 is 7.16. The number of carbonyl (C=O) groups excluding carboxylic acids is 1. The van der Waals surface area contributed by atoms with E-state index in [1.165, 1.54) is 12.0 Å². The van der Waals surface area contributed by atoms with Gasteiger partial charge < -0.3 is 10.1 Å². The Balaban J connectivity index is 1.97. The largest absolute Gasteiger partial charge is 0.466 e. The fourth-order valence-corrected chi connectivity index (χ4v) is 3.85. The van der Waals surface area contributed by atoms with Crippen molar-refractivity contribution < 1.29 is 9.53 Å². The van der Waals surface area contributed by atoms with Gasteiger partial charge in [-0.05, 0) is 43.0 Å². The molecule has 0 spiro atoms. The lowest BCUT2D eigenvalue weighted by molar-refractivity contribution is -0.136. The second-order valence-electron chi connectivity index (χ2n) is 6.13. The molecule has 1 aromatic heterocycles. The summed E-state index contributed by atoms with van der Waals surface area (Å²) in [7, 11) is 1.41. The van der Waals surface area contributed by atoms with Gasteiger partial charge in [0.2, 0.25) is 5.95 Å². The van der Waals surface area contributed by atoms with E-state index in [-0.39, 0.29) is 12.0 Å². The molecule has 0 fully saturated rings. The summed E-state index contributed by atoms with van der Waals surface area (Å²) in [5, 5.41) is 3.26. The number of thioether (sulfide) groups is 1. The predicted octanol–water partition coefficient (Wildman–Crippen LogP) is 4.22. The fourth-order valence-electron chi connectivity index (χ4n) is 3.44. The molecule has 132 valence electrons. The number of carbonyl (C=O) groups is 1. The van der Waals surface area contributed by atoms with E-state index < -0.39 is 0 Å². The van der Waals surface area contributed by atoms with Crippen LogP contribution in [-0.2, 0) is 9.53 Å². The molecular formula is C20H19N3O2S. The Morgan fingerprint density at radius 2 is 1.92 bits per heavy atom. The molecule has 4 rings (SSSR count). The third kappa shape index (κ3) is 2.57. The molecule has 1 N–H and O–H groups in total. The van der Waals surface area contributed by atoms with E-state index in [2.05, 4.69) is 34.1 Å². The highest BCUT2D eigenvalue weighted by molar-refractivity contribution is 7.98. The van der Waals surface area contributed by atoms with Crippen LogP contribution in [0.15, 0.2) is 64.7 Å². The molecule has 5 nitrogen and oxygen atoms in total. The van der Waals surface area contributed by atoms with E-state index in [1.54, 1.807) is 11.8 Å². The zero-order valence-corrected chi connectivity index (χ0v) is 15.6. The molecule has 0 radical (unpaired) electrons. The van der Waals surface area contributed by atoms with Crippen molar-refractivity contribution >= 4 is 34.7 Å². The topological polar surface area (TPSA) is 56.1 Å². The van der Waals surface area contributed by atoms with Gasteiger partial charge in [0, 0.05) is 10.6 Å². The molecule has 26 heavy (non-hydrogen) atoms. The van der Waals surface area contributed by atoms with Crippen LogP contribution in [0.1, 0.15) is 18.5 Å². The summed E-state index contributed by atoms with van der Waals surface area (Å²) in [6, 6.07) is 15.9. The van der Waals surface area contributed by atoms with Gasteiger partial charge in [-0.1, -0.05) is 24.3 Å². The highest BCUT2D eigenvalue weighted by Crippen LogP contribution is 2.39. The minimum Gasteiger partial charge on any atom is -0.466 e. The van der Waals surface area contributed by atoms with Crippen LogP contribution < -0.4 is 5.32 Å². The number of fused-ring (bicyclic) bond motifs is 3. The summed E-state index contributed by atoms with van der Waals surface area (Å²) in [6.07, 6.45) is 2.05. The highest BCUT2D eigenvalue weighted by atomic mass is 32.2. The Labute approximate surface area is 156 Å². The first-order valence-electron chi connectivity index (χ1n) is 8.31. The van der Waals surface area contributed by atoms with Crippen LogP contribution >= 0.6 is 11.8 Å². The highest BCUT2D eigenvalue weighted by Gasteiger charge is 2.34. The van der Waals surface area contributed by atoms with Gasteiger partial charge in [-0.15, -0.1) is 11.8 Å². The molecule has 1 atom stereocenters. The molecule has 1 aliphatic heterocycles. The number of allylic oxidation sites excluding steroid dienone is 1.